The molecule has 4 nitrogen and oxygen atoms in total. The van der Waals surface area contributed by atoms with Gasteiger partial charge in [-0.05, 0) is 50.1 Å². The number of likely N-dealkylation sites (tertiary alicyclic amines) is 1. The van der Waals surface area contributed by atoms with Crippen molar-refractivity contribution in [3.8, 4) is 0 Å². The number of aliphatic hydroxyl groups is 1. The van der Waals surface area contributed by atoms with Crippen LogP contribution in [0, 0.1) is 6.92 Å². The lowest BCUT2D eigenvalue weighted by molar-refractivity contribution is -0.118. The maximum Gasteiger partial charge on any atom is 0.238 e. The monoisotopic (exact) mass is 354 g/mol. The van der Waals surface area contributed by atoms with Crippen molar-refractivity contribution in [3.05, 3.63) is 28.2 Å². The zero-order valence-corrected chi connectivity index (χ0v) is 14.0. The number of rotatable bonds is 4. The Morgan fingerprint density at radius 3 is 2.95 bits per heavy atom. The Morgan fingerprint density at radius 2 is 2.24 bits per heavy atom. The van der Waals surface area contributed by atoms with Crippen molar-refractivity contribution in [1.29, 1.82) is 0 Å². The molecule has 1 saturated heterocycles. The summed E-state index contributed by atoms with van der Waals surface area (Å²) < 4.78 is 1.01. The molecule has 0 aromatic heterocycles. The molecule has 0 saturated carbocycles. The highest BCUT2D eigenvalue weighted by molar-refractivity contribution is 9.10. The molecule has 0 aliphatic carbocycles. The third kappa shape index (κ3) is 4.80. The molecule has 1 aliphatic heterocycles. The third-order valence-electron chi connectivity index (χ3n) is 4.02. The molecule has 0 radical (unpaired) electrons. The fourth-order valence-corrected chi connectivity index (χ4v) is 3.27. The summed E-state index contributed by atoms with van der Waals surface area (Å²) in [5.41, 5.74) is 1.88. The second-order valence-electron chi connectivity index (χ2n) is 5.66. The van der Waals surface area contributed by atoms with Crippen LogP contribution in [0.4, 0.5) is 5.69 Å². The molecule has 1 amide bonds. The summed E-state index contributed by atoms with van der Waals surface area (Å²) in [5, 5.41) is 12.5. The molecular formula is C16H23BrN2O2. The molecule has 1 unspecified atom stereocenters. The Kier molecular flexibility index (Phi) is 6.21. The van der Waals surface area contributed by atoms with Gasteiger partial charge < -0.3 is 10.4 Å². The summed E-state index contributed by atoms with van der Waals surface area (Å²) in [6, 6.07) is 5.93. The van der Waals surface area contributed by atoms with Crippen LogP contribution < -0.4 is 5.32 Å². The molecule has 1 aromatic carbocycles. The second kappa shape index (κ2) is 7.92. The highest BCUT2D eigenvalue weighted by Gasteiger charge is 2.22. The van der Waals surface area contributed by atoms with E-state index in [2.05, 4.69) is 26.1 Å². The number of aliphatic hydroxyl groups excluding tert-OH is 1. The molecule has 21 heavy (non-hydrogen) atoms. The summed E-state index contributed by atoms with van der Waals surface area (Å²) in [6.45, 7) is 3.34. The molecule has 0 spiro atoms. The molecule has 1 aromatic rings. The molecule has 1 heterocycles. The number of halogens is 1. The Hall–Kier alpha value is -0.910. The van der Waals surface area contributed by atoms with Gasteiger partial charge in [-0.1, -0.05) is 28.8 Å². The topological polar surface area (TPSA) is 52.6 Å². The zero-order valence-electron chi connectivity index (χ0n) is 12.4. The molecule has 1 aliphatic rings. The van der Waals surface area contributed by atoms with Crippen LogP contribution in [0.5, 0.6) is 0 Å². The highest BCUT2D eigenvalue weighted by Crippen LogP contribution is 2.20. The number of benzene rings is 1. The number of anilines is 1. The van der Waals surface area contributed by atoms with Gasteiger partial charge >= 0.3 is 0 Å². The van der Waals surface area contributed by atoms with Gasteiger partial charge in [-0.25, -0.2) is 0 Å². The molecular weight excluding hydrogens is 332 g/mol. The quantitative estimate of drug-likeness (QED) is 0.873. The summed E-state index contributed by atoms with van der Waals surface area (Å²) >= 11 is 3.42. The number of nitrogens with one attached hydrogen (secondary N) is 1. The van der Waals surface area contributed by atoms with Gasteiger partial charge in [0, 0.05) is 16.2 Å². The van der Waals surface area contributed by atoms with Gasteiger partial charge in [0.1, 0.15) is 0 Å². The van der Waals surface area contributed by atoms with Crippen molar-refractivity contribution >= 4 is 27.5 Å². The van der Waals surface area contributed by atoms with Crippen LogP contribution in [0.25, 0.3) is 0 Å². The average Bonchev–Trinajstić information content (AvgIpc) is 2.67. The lowest BCUT2D eigenvalue weighted by atomic mass is 10.1. The minimum absolute atomic E-state index is 0.0132. The number of hydrogen-bond donors (Lipinski definition) is 2. The first-order valence-electron chi connectivity index (χ1n) is 7.51. The minimum atomic E-state index is -0.0132. The van der Waals surface area contributed by atoms with E-state index in [1.165, 1.54) is 6.42 Å². The molecule has 1 atom stereocenters. The predicted molar refractivity (Wildman–Crippen MR) is 88.4 cm³/mol. The van der Waals surface area contributed by atoms with Gasteiger partial charge in [-0.3, -0.25) is 9.69 Å². The first-order chi connectivity index (χ1) is 10.1. The lowest BCUT2D eigenvalue weighted by Gasteiger charge is -2.27. The van der Waals surface area contributed by atoms with Gasteiger partial charge in [-0.2, -0.15) is 0 Å². The fraction of sp³-hybridized carbons (Fsp3) is 0.562. The van der Waals surface area contributed by atoms with E-state index in [4.69, 9.17) is 0 Å². The summed E-state index contributed by atoms with van der Waals surface area (Å²) in [6.07, 6.45) is 4.39. The average molecular weight is 355 g/mol. The largest absolute Gasteiger partial charge is 0.395 e. The van der Waals surface area contributed by atoms with Crippen molar-refractivity contribution in [1.82, 2.24) is 4.90 Å². The van der Waals surface area contributed by atoms with E-state index in [0.717, 1.165) is 41.5 Å². The summed E-state index contributed by atoms with van der Waals surface area (Å²) in [7, 11) is 0. The summed E-state index contributed by atoms with van der Waals surface area (Å²) in [4.78, 5) is 14.4. The number of amides is 1. The Morgan fingerprint density at radius 1 is 1.43 bits per heavy atom. The number of nitrogens with zero attached hydrogens (tertiary/aromatic N) is 1. The van der Waals surface area contributed by atoms with Gasteiger partial charge in [0.25, 0.3) is 0 Å². The van der Waals surface area contributed by atoms with Gasteiger partial charge in [0.2, 0.25) is 5.91 Å². The van der Waals surface area contributed by atoms with Gasteiger partial charge in [0.15, 0.2) is 0 Å². The second-order valence-corrected chi connectivity index (χ2v) is 6.58. The van der Waals surface area contributed by atoms with E-state index < -0.39 is 0 Å². The van der Waals surface area contributed by atoms with Crippen molar-refractivity contribution in [3.63, 3.8) is 0 Å². The zero-order chi connectivity index (χ0) is 15.2. The number of carbonyl (C=O) groups excluding carboxylic acids is 1. The van der Waals surface area contributed by atoms with Crippen LogP contribution in [0.15, 0.2) is 22.7 Å². The molecule has 5 heteroatoms. The van der Waals surface area contributed by atoms with Crippen molar-refractivity contribution < 1.29 is 9.90 Å². The van der Waals surface area contributed by atoms with Gasteiger partial charge in [0.05, 0.1) is 13.2 Å². The first-order valence-corrected chi connectivity index (χ1v) is 8.30. The van der Waals surface area contributed by atoms with Gasteiger partial charge in [-0.15, -0.1) is 0 Å². The normalized spacial score (nSPS) is 20.0. The molecule has 2 rings (SSSR count). The maximum atomic E-state index is 12.2. The van der Waals surface area contributed by atoms with Crippen molar-refractivity contribution in [2.45, 2.75) is 38.6 Å². The van der Waals surface area contributed by atoms with Crippen molar-refractivity contribution in [2.75, 3.05) is 25.0 Å². The summed E-state index contributed by atoms with van der Waals surface area (Å²) in [5.74, 6) is -0.0132. The van der Waals surface area contributed by atoms with Crippen LogP contribution in [-0.2, 0) is 4.79 Å². The van der Waals surface area contributed by atoms with Crippen molar-refractivity contribution in [2.24, 2.45) is 0 Å². The molecule has 2 N–H and O–H groups in total. The Labute approximate surface area is 134 Å². The van der Waals surface area contributed by atoms with E-state index >= 15 is 0 Å². The Bertz CT molecular complexity index is 493. The van der Waals surface area contributed by atoms with E-state index in [-0.39, 0.29) is 18.6 Å². The molecule has 1 fully saturated rings. The minimum Gasteiger partial charge on any atom is -0.395 e. The van der Waals surface area contributed by atoms with Crippen LogP contribution in [0.3, 0.4) is 0 Å². The third-order valence-corrected chi connectivity index (χ3v) is 4.51. The van der Waals surface area contributed by atoms with Crippen LogP contribution in [0.1, 0.15) is 31.2 Å². The van der Waals surface area contributed by atoms with Crippen LogP contribution in [-0.4, -0.2) is 41.7 Å². The smallest absolute Gasteiger partial charge is 0.238 e. The van der Waals surface area contributed by atoms with Crippen LogP contribution in [0.2, 0.25) is 0 Å². The first kappa shape index (κ1) is 16.5. The van der Waals surface area contributed by atoms with E-state index in [1.54, 1.807) is 0 Å². The standard InChI is InChI=1S/C16H23BrN2O2/c1-12-9-13(17)6-7-15(12)18-16(21)10-19-8-4-2-3-5-14(19)11-20/h6-7,9,14,20H,2-5,8,10-11H2,1H3,(H,18,21). The van der Waals surface area contributed by atoms with E-state index in [9.17, 15) is 9.90 Å². The van der Waals surface area contributed by atoms with E-state index in [1.807, 2.05) is 25.1 Å². The number of hydrogen-bond acceptors (Lipinski definition) is 3. The fourth-order valence-electron chi connectivity index (χ4n) is 2.79. The van der Waals surface area contributed by atoms with E-state index in [0.29, 0.717) is 6.54 Å². The maximum absolute atomic E-state index is 12.2. The lowest BCUT2D eigenvalue weighted by Crippen LogP contribution is -2.42. The molecule has 116 valence electrons. The predicted octanol–water partition coefficient (Wildman–Crippen LogP) is 2.93. The Balaban J connectivity index is 1.96. The number of carbonyl (C=O) groups is 1. The van der Waals surface area contributed by atoms with Crippen LogP contribution >= 0.6 is 15.9 Å². The highest BCUT2D eigenvalue weighted by atomic mass is 79.9. The SMILES string of the molecule is Cc1cc(Br)ccc1NC(=O)CN1CCCCCC1CO. The molecule has 0 bridgehead atoms. The number of aryl methyl sites for hydroxylation is 1.